The second-order valence-corrected chi connectivity index (χ2v) is 8.83. The third kappa shape index (κ3) is 3.08. The van der Waals surface area contributed by atoms with Gasteiger partial charge in [-0.25, -0.2) is 0 Å². The fourth-order valence-electron chi connectivity index (χ4n) is 2.67. The average Bonchev–Trinajstić information content (AvgIpc) is 2.33. The average molecular weight is 339 g/mol. The Bertz CT molecular complexity index is 380. The van der Waals surface area contributed by atoms with E-state index in [1.165, 1.54) is 0 Å². The van der Waals surface area contributed by atoms with Crippen LogP contribution in [0.1, 0.15) is 33.1 Å². The van der Waals surface area contributed by atoms with E-state index in [1.807, 2.05) is 0 Å². The third-order valence-electron chi connectivity index (χ3n) is 4.16. The van der Waals surface area contributed by atoms with Crippen LogP contribution in [0.25, 0.3) is 0 Å². The zero-order chi connectivity index (χ0) is 13.3. The zero-order valence-electron chi connectivity index (χ0n) is 11.2. The molecular formula is C12H23BrN2O2S. The summed E-state index contributed by atoms with van der Waals surface area (Å²) in [4.78, 5) is 0.449. The van der Waals surface area contributed by atoms with Gasteiger partial charge in [0.05, 0.1) is 0 Å². The maximum atomic E-state index is 12.5. The molecule has 0 bridgehead atoms. The number of halogens is 1. The van der Waals surface area contributed by atoms with Crippen molar-refractivity contribution >= 4 is 26.1 Å². The smallest absolute Gasteiger partial charge is 0.195 e. The number of rotatable bonds is 2. The summed E-state index contributed by atoms with van der Waals surface area (Å²) >= 11 is 3.62. The molecule has 6 heteroatoms. The molecule has 0 spiro atoms. The minimum Gasteiger partial charge on any atom is -0.195 e. The van der Waals surface area contributed by atoms with Crippen molar-refractivity contribution in [2.45, 2.75) is 37.9 Å². The van der Waals surface area contributed by atoms with E-state index in [1.54, 1.807) is 8.61 Å². The van der Waals surface area contributed by atoms with Crippen molar-refractivity contribution in [3.05, 3.63) is 0 Å². The molecule has 0 radical (unpaired) electrons. The molecule has 2 fully saturated rings. The molecule has 2 aliphatic heterocycles. The Balaban J connectivity index is 2.02. The Hall–Kier alpha value is 0.350. The lowest BCUT2D eigenvalue weighted by atomic mass is 10.0. The lowest BCUT2D eigenvalue weighted by molar-refractivity contribution is 0.237. The van der Waals surface area contributed by atoms with Gasteiger partial charge in [0.1, 0.15) is 0 Å². The lowest BCUT2D eigenvalue weighted by Gasteiger charge is -2.38. The molecule has 0 aromatic heterocycles. The monoisotopic (exact) mass is 338 g/mol. The minimum atomic E-state index is -3.22. The summed E-state index contributed by atoms with van der Waals surface area (Å²) < 4.78 is 28.4. The number of nitrogens with zero attached hydrogens (tertiary/aromatic N) is 2. The van der Waals surface area contributed by atoms with Crippen LogP contribution >= 0.6 is 15.9 Å². The zero-order valence-corrected chi connectivity index (χ0v) is 13.6. The van der Waals surface area contributed by atoms with Gasteiger partial charge < -0.3 is 0 Å². The summed E-state index contributed by atoms with van der Waals surface area (Å²) in [6.45, 7) is 6.97. The van der Waals surface area contributed by atoms with Gasteiger partial charge in [-0.05, 0) is 31.1 Å². The first kappa shape index (κ1) is 14.8. The molecule has 0 amide bonds. The van der Waals surface area contributed by atoms with Gasteiger partial charge in [0.15, 0.2) is 0 Å². The first-order valence-corrected chi connectivity index (χ1v) is 9.12. The molecule has 2 heterocycles. The van der Waals surface area contributed by atoms with Crippen LogP contribution in [0.15, 0.2) is 0 Å². The van der Waals surface area contributed by atoms with Gasteiger partial charge in [-0.2, -0.15) is 17.0 Å². The van der Waals surface area contributed by atoms with Gasteiger partial charge in [0.2, 0.25) is 0 Å². The summed E-state index contributed by atoms with van der Waals surface area (Å²) in [5, 5.41) is 0. The fourth-order valence-corrected chi connectivity index (χ4v) is 4.80. The van der Waals surface area contributed by atoms with E-state index < -0.39 is 10.2 Å². The first-order chi connectivity index (χ1) is 8.41. The highest BCUT2D eigenvalue weighted by molar-refractivity contribution is 9.09. The maximum absolute atomic E-state index is 12.5. The third-order valence-corrected chi connectivity index (χ3v) is 7.52. The van der Waals surface area contributed by atoms with Crippen LogP contribution in [0.4, 0.5) is 0 Å². The van der Waals surface area contributed by atoms with E-state index in [2.05, 4.69) is 29.8 Å². The van der Waals surface area contributed by atoms with E-state index in [0.717, 1.165) is 19.3 Å². The molecule has 0 N–H and O–H groups in total. The van der Waals surface area contributed by atoms with Gasteiger partial charge >= 0.3 is 0 Å². The molecule has 0 aromatic carbocycles. The quantitative estimate of drug-likeness (QED) is 0.723. The minimum absolute atomic E-state index is 0.386. The van der Waals surface area contributed by atoms with Crippen molar-refractivity contribution in [2.75, 3.05) is 26.2 Å². The summed E-state index contributed by atoms with van der Waals surface area (Å²) in [5.74, 6) is 1.04. The van der Waals surface area contributed by atoms with Crippen LogP contribution in [0.2, 0.25) is 0 Å². The van der Waals surface area contributed by atoms with Crippen molar-refractivity contribution in [3.63, 3.8) is 0 Å². The van der Waals surface area contributed by atoms with Crippen molar-refractivity contribution in [1.82, 2.24) is 8.61 Å². The predicted octanol–water partition coefficient (Wildman–Crippen LogP) is 2.07. The van der Waals surface area contributed by atoms with E-state index in [-0.39, 0.29) is 0 Å². The molecule has 0 saturated carbocycles. The molecule has 2 unspecified atom stereocenters. The van der Waals surface area contributed by atoms with Gasteiger partial charge in [0.25, 0.3) is 10.2 Å². The standard InChI is InChI=1S/C12H23BrN2O2S/c1-10-3-6-14(7-4-10)18(16,17)15-8-5-12(13)11(2)9-15/h10-12H,3-9H2,1-2H3. The van der Waals surface area contributed by atoms with Gasteiger partial charge in [0, 0.05) is 31.0 Å². The predicted molar refractivity (Wildman–Crippen MR) is 77.0 cm³/mol. The normalized spacial score (nSPS) is 33.7. The second-order valence-electron chi connectivity index (χ2n) is 5.73. The SMILES string of the molecule is CC1CCN(S(=O)(=O)N2CCC(Br)C(C)C2)CC1. The fraction of sp³-hybridized carbons (Fsp3) is 1.00. The van der Waals surface area contributed by atoms with Crippen LogP contribution in [0, 0.1) is 11.8 Å². The number of hydrogen-bond acceptors (Lipinski definition) is 2. The van der Waals surface area contributed by atoms with Crippen LogP contribution in [0.3, 0.4) is 0 Å². The van der Waals surface area contributed by atoms with Crippen LogP contribution in [-0.2, 0) is 10.2 Å². The Kier molecular flexibility index (Phi) is 4.73. The van der Waals surface area contributed by atoms with E-state index in [9.17, 15) is 8.42 Å². The molecule has 2 saturated heterocycles. The Labute approximate surface area is 119 Å². The number of alkyl halides is 1. The van der Waals surface area contributed by atoms with Gasteiger partial charge in [-0.15, -0.1) is 0 Å². The topological polar surface area (TPSA) is 40.6 Å². The van der Waals surface area contributed by atoms with Gasteiger partial charge in [-0.1, -0.05) is 29.8 Å². The van der Waals surface area contributed by atoms with Crippen LogP contribution in [0.5, 0.6) is 0 Å². The Morgan fingerprint density at radius 3 is 2.11 bits per heavy atom. The molecule has 0 aliphatic carbocycles. The van der Waals surface area contributed by atoms with E-state index >= 15 is 0 Å². The lowest BCUT2D eigenvalue weighted by Crippen LogP contribution is -2.51. The molecule has 18 heavy (non-hydrogen) atoms. The van der Waals surface area contributed by atoms with Crippen molar-refractivity contribution in [2.24, 2.45) is 11.8 Å². The molecule has 4 nitrogen and oxygen atoms in total. The van der Waals surface area contributed by atoms with E-state index in [4.69, 9.17) is 0 Å². The second kappa shape index (κ2) is 5.77. The Morgan fingerprint density at radius 2 is 1.56 bits per heavy atom. The van der Waals surface area contributed by atoms with Crippen LogP contribution in [-0.4, -0.2) is 48.0 Å². The number of piperidine rings is 2. The maximum Gasteiger partial charge on any atom is 0.281 e. The first-order valence-electron chi connectivity index (χ1n) is 6.80. The molecule has 2 aliphatic rings. The summed E-state index contributed by atoms with van der Waals surface area (Å²) in [6, 6.07) is 0. The molecule has 0 aromatic rings. The summed E-state index contributed by atoms with van der Waals surface area (Å²) in [7, 11) is -3.22. The number of hydrogen-bond donors (Lipinski definition) is 0. The highest BCUT2D eigenvalue weighted by Gasteiger charge is 2.36. The van der Waals surface area contributed by atoms with Crippen molar-refractivity contribution in [3.8, 4) is 0 Å². The van der Waals surface area contributed by atoms with Crippen LogP contribution < -0.4 is 0 Å². The Morgan fingerprint density at radius 1 is 1.00 bits per heavy atom. The molecule has 2 rings (SSSR count). The van der Waals surface area contributed by atoms with Crippen molar-refractivity contribution in [1.29, 1.82) is 0 Å². The van der Waals surface area contributed by atoms with Crippen molar-refractivity contribution < 1.29 is 8.42 Å². The summed E-state index contributed by atoms with van der Waals surface area (Å²) in [6.07, 6.45) is 2.89. The molecule has 106 valence electrons. The summed E-state index contributed by atoms with van der Waals surface area (Å²) in [5.41, 5.74) is 0. The highest BCUT2D eigenvalue weighted by atomic mass is 79.9. The van der Waals surface area contributed by atoms with Gasteiger partial charge in [-0.3, -0.25) is 0 Å². The van der Waals surface area contributed by atoms with E-state index in [0.29, 0.717) is 42.8 Å². The highest BCUT2D eigenvalue weighted by Crippen LogP contribution is 2.28. The molecule has 2 atom stereocenters. The molecular weight excluding hydrogens is 316 g/mol. The largest absolute Gasteiger partial charge is 0.281 e.